The Hall–Kier alpha value is -0.130. The average molecular weight is 161 g/mol. The van der Waals surface area contributed by atoms with E-state index in [1.54, 1.807) is 0 Å². The zero-order valence-electron chi connectivity index (χ0n) is 5.13. The molecule has 0 aliphatic heterocycles. The topological polar surface area (TPSA) is 3.88 Å². The number of hydrogen-bond donors (Lipinski definition) is 0. The second-order valence-electron chi connectivity index (χ2n) is 1.87. The molecule has 1 heterocycles. The fourth-order valence-electron chi connectivity index (χ4n) is 0.557. The van der Waals surface area contributed by atoms with Gasteiger partial charge < -0.3 is 0 Å². The lowest BCUT2D eigenvalue weighted by atomic mass is 10.3. The third-order valence-corrected chi connectivity index (χ3v) is 2.17. The third kappa shape index (κ3) is 1.92. The van der Waals surface area contributed by atoms with Crippen molar-refractivity contribution in [1.82, 2.24) is 0 Å². The van der Waals surface area contributed by atoms with Crippen molar-refractivity contribution in [2.75, 3.05) is 0 Å². The quantitative estimate of drug-likeness (QED) is 0.553. The van der Waals surface area contributed by atoms with Crippen LogP contribution in [0.3, 0.4) is 0 Å². The maximum atomic E-state index is 5.57. The van der Waals surface area contributed by atoms with E-state index in [4.69, 9.17) is 11.2 Å². The number of pyridine rings is 1. The number of nitrogens with zero attached hydrogens (tertiary/aromatic N) is 1. The van der Waals surface area contributed by atoms with Gasteiger partial charge in [-0.15, -0.1) is 0 Å². The third-order valence-electron chi connectivity index (χ3n) is 1.09. The highest BCUT2D eigenvalue weighted by atomic mass is 35.7. The van der Waals surface area contributed by atoms with E-state index in [9.17, 15) is 0 Å². The molecule has 1 aromatic heterocycles. The average Bonchev–Trinajstić information content (AvgIpc) is 1.90. The minimum atomic E-state index is 0.315. The van der Waals surface area contributed by atoms with Gasteiger partial charge in [0.05, 0.1) is 0 Å². The van der Waals surface area contributed by atoms with Crippen molar-refractivity contribution in [2.45, 2.75) is 6.92 Å². The summed E-state index contributed by atoms with van der Waals surface area (Å²) in [4.78, 5) is 0. The summed E-state index contributed by atoms with van der Waals surface area (Å²) in [6.45, 7) is 2.06. The van der Waals surface area contributed by atoms with Crippen molar-refractivity contribution in [2.24, 2.45) is 0 Å². The van der Waals surface area contributed by atoms with E-state index in [2.05, 4.69) is 6.92 Å². The molecule has 1 unspecified atom stereocenters. The van der Waals surface area contributed by atoms with E-state index >= 15 is 0 Å². The van der Waals surface area contributed by atoms with Gasteiger partial charge in [0.15, 0.2) is 12.4 Å². The highest BCUT2D eigenvalue weighted by Gasteiger charge is 1.93. The molecule has 0 saturated carbocycles. The van der Waals surface area contributed by atoms with E-state index in [-0.39, 0.29) is 0 Å². The molecule has 1 atom stereocenters. The van der Waals surface area contributed by atoms with Crippen molar-refractivity contribution < 1.29 is 4.34 Å². The van der Waals surface area contributed by atoms with Gasteiger partial charge in [0, 0.05) is 12.1 Å². The van der Waals surface area contributed by atoms with Gasteiger partial charge in [-0.25, -0.2) is 0 Å². The molecule has 0 fully saturated rings. The van der Waals surface area contributed by atoms with E-state index in [1.165, 1.54) is 5.56 Å². The molecule has 1 aromatic rings. The van der Waals surface area contributed by atoms with Crippen LogP contribution in [0.2, 0.25) is 0 Å². The van der Waals surface area contributed by atoms with Crippen molar-refractivity contribution in [3.05, 3.63) is 30.1 Å². The van der Waals surface area contributed by atoms with Gasteiger partial charge in [-0.3, -0.25) is 0 Å². The first kappa shape index (κ1) is 6.98. The van der Waals surface area contributed by atoms with E-state index in [1.807, 2.05) is 28.9 Å². The SMILES string of the molecule is Cc1cc[n+](PCl)cc1. The minimum absolute atomic E-state index is 0.315. The zero-order chi connectivity index (χ0) is 6.69. The first-order chi connectivity index (χ1) is 4.33. The molecular formula is C6H8ClNP+. The van der Waals surface area contributed by atoms with Gasteiger partial charge in [0.1, 0.15) is 0 Å². The summed E-state index contributed by atoms with van der Waals surface area (Å²) in [6.07, 6.45) is 3.95. The lowest BCUT2D eigenvalue weighted by Gasteiger charge is -1.87. The van der Waals surface area contributed by atoms with E-state index in [0.717, 1.165) is 0 Å². The molecule has 0 amide bonds. The zero-order valence-corrected chi connectivity index (χ0v) is 6.89. The maximum Gasteiger partial charge on any atom is 0.272 e. The van der Waals surface area contributed by atoms with Gasteiger partial charge in [0.2, 0.25) is 0 Å². The number of halogens is 1. The van der Waals surface area contributed by atoms with Gasteiger partial charge in [0.25, 0.3) is 8.08 Å². The minimum Gasteiger partial charge on any atom is -0.179 e. The first-order valence-electron chi connectivity index (χ1n) is 2.67. The van der Waals surface area contributed by atoms with Crippen LogP contribution < -0.4 is 4.34 Å². The van der Waals surface area contributed by atoms with Crippen LogP contribution in [0.25, 0.3) is 0 Å². The van der Waals surface area contributed by atoms with Gasteiger partial charge in [-0.2, -0.15) is 4.34 Å². The Labute approximate surface area is 61.3 Å². The molecule has 0 radical (unpaired) electrons. The van der Waals surface area contributed by atoms with Gasteiger partial charge in [-0.1, -0.05) is 0 Å². The Balaban J connectivity index is 2.88. The van der Waals surface area contributed by atoms with E-state index in [0.29, 0.717) is 8.08 Å². The standard InChI is InChI=1S/C6H8ClNP/c1-6-2-4-8(9-7)5-3-6/h2-5,9H,1H3/q+1. The molecule has 1 nitrogen and oxygen atoms in total. The number of hydrogen-bond acceptors (Lipinski definition) is 0. The molecule has 0 aliphatic carbocycles. The molecule has 0 saturated heterocycles. The molecule has 1 rings (SSSR count). The van der Waals surface area contributed by atoms with Crippen molar-refractivity contribution >= 4 is 19.3 Å². The lowest BCUT2D eigenvalue weighted by molar-refractivity contribution is -0.502. The normalized spacial score (nSPS) is 10.9. The summed E-state index contributed by atoms with van der Waals surface area (Å²) in [5, 5.41) is 0. The van der Waals surface area contributed by atoms with Crippen LogP contribution in [0, 0.1) is 6.92 Å². The van der Waals surface area contributed by atoms with Crippen molar-refractivity contribution in [3.63, 3.8) is 0 Å². The molecule has 3 heteroatoms. The lowest BCUT2D eigenvalue weighted by Crippen LogP contribution is -2.18. The Bertz CT molecular complexity index is 185. The largest absolute Gasteiger partial charge is 0.272 e. The Morgan fingerprint density at radius 3 is 2.44 bits per heavy atom. The van der Waals surface area contributed by atoms with Crippen LogP contribution in [0.15, 0.2) is 24.5 Å². The van der Waals surface area contributed by atoms with Crippen LogP contribution in [0.1, 0.15) is 5.56 Å². The summed E-state index contributed by atoms with van der Waals surface area (Å²) < 4.78 is 1.94. The summed E-state index contributed by atoms with van der Waals surface area (Å²) in [5.41, 5.74) is 1.26. The van der Waals surface area contributed by atoms with Crippen LogP contribution in [0.4, 0.5) is 0 Å². The van der Waals surface area contributed by atoms with Gasteiger partial charge >= 0.3 is 0 Å². The highest BCUT2D eigenvalue weighted by Crippen LogP contribution is 2.07. The number of aromatic nitrogens is 1. The maximum absolute atomic E-state index is 5.57. The molecule has 0 aromatic carbocycles. The van der Waals surface area contributed by atoms with Crippen LogP contribution in [0.5, 0.6) is 0 Å². The summed E-state index contributed by atoms with van der Waals surface area (Å²) in [6, 6.07) is 4.07. The van der Waals surface area contributed by atoms with Crippen molar-refractivity contribution in [3.8, 4) is 0 Å². The Morgan fingerprint density at radius 1 is 1.44 bits per heavy atom. The smallest absolute Gasteiger partial charge is 0.179 e. The number of aryl methyl sites for hydroxylation is 1. The van der Waals surface area contributed by atoms with Crippen LogP contribution in [-0.2, 0) is 0 Å². The summed E-state index contributed by atoms with van der Waals surface area (Å²) in [7, 11) is 0.315. The second kappa shape index (κ2) is 3.14. The monoisotopic (exact) mass is 160 g/mol. The highest BCUT2D eigenvalue weighted by molar-refractivity contribution is 7.62. The predicted molar refractivity (Wildman–Crippen MR) is 40.9 cm³/mol. The van der Waals surface area contributed by atoms with Crippen LogP contribution >= 0.6 is 19.3 Å². The Kier molecular flexibility index (Phi) is 2.44. The molecule has 48 valence electrons. The fraction of sp³-hybridized carbons (Fsp3) is 0.167. The predicted octanol–water partition coefficient (Wildman–Crippen LogP) is 1.88. The summed E-state index contributed by atoms with van der Waals surface area (Å²) >= 11 is 5.57. The van der Waals surface area contributed by atoms with Gasteiger partial charge in [-0.05, 0) is 23.7 Å². The number of rotatable bonds is 1. The first-order valence-corrected chi connectivity index (χ1v) is 4.63. The molecule has 9 heavy (non-hydrogen) atoms. The van der Waals surface area contributed by atoms with Crippen LogP contribution in [-0.4, -0.2) is 0 Å². The molecule has 0 aliphatic rings. The molecule has 0 spiro atoms. The molecule has 0 N–H and O–H groups in total. The summed E-state index contributed by atoms with van der Waals surface area (Å²) in [5.74, 6) is 0. The molecule has 0 bridgehead atoms. The second-order valence-corrected chi connectivity index (χ2v) is 3.06. The fourth-order valence-corrected chi connectivity index (χ4v) is 1.16. The Morgan fingerprint density at radius 2 is 2.00 bits per heavy atom. The molecular weight excluding hydrogens is 152 g/mol. The van der Waals surface area contributed by atoms with E-state index < -0.39 is 0 Å². The van der Waals surface area contributed by atoms with Crippen molar-refractivity contribution in [1.29, 1.82) is 0 Å².